The van der Waals surface area contributed by atoms with E-state index in [1.807, 2.05) is 37.3 Å². The zero-order chi connectivity index (χ0) is 19.8. The van der Waals surface area contributed by atoms with Crippen molar-refractivity contribution in [2.24, 2.45) is 4.99 Å². The summed E-state index contributed by atoms with van der Waals surface area (Å²) < 4.78 is 11.4. The number of hydrogen-bond donors (Lipinski definition) is 2. The van der Waals surface area contributed by atoms with E-state index >= 15 is 0 Å². The minimum absolute atomic E-state index is 0. The third-order valence-corrected chi connectivity index (χ3v) is 4.97. The number of guanidine groups is 1. The molecule has 2 N–H and O–H groups in total. The van der Waals surface area contributed by atoms with Crippen LogP contribution in [0, 0.1) is 6.92 Å². The predicted octanol–water partition coefficient (Wildman–Crippen LogP) is 3.99. The molecule has 0 radical (unpaired) electrons. The van der Waals surface area contributed by atoms with Gasteiger partial charge in [-0.05, 0) is 43.7 Å². The lowest BCUT2D eigenvalue weighted by Gasteiger charge is -2.33. The Morgan fingerprint density at radius 3 is 2.48 bits per heavy atom. The summed E-state index contributed by atoms with van der Waals surface area (Å²) in [5.41, 5.74) is 1.12. The maximum Gasteiger partial charge on any atom is 0.191 e. The number of aliphatic imine (C=N–C) groups is 1. The minimum Gasteiger partial charge on any atom is -0.465 e. The molecular weight excluding hydrogens is 503 g/mol. The summed E-state index contributed by atoms with van der Waals surface area (Å²) in [7, 11) is 0. The van der Waals surface area contributed by atoms with Crippen LogP contribution in [0.4, 0.5) is 0 Å². The van der Waals surface area contributed by atoms with E-state index < -0.39 is 0 Å². The zero-order valence-electron chi connectivity index (χ0n) is 17.0. The molecule has 1 atom stereocenters. The SMILES string of the molecule is CCNC(=NCc1ccc(Cl)cc1)NCC(c1ccc(C)o1)N1CCOCC1.I. The molecule has 1 aromatic carbocycles. The first kappa shape index (κ1) is 24.0. The van der Waals surface area contributed by atoms with Crippen molar-refractivity contribution in [3.63, 3.8) is 0 Å². The number of benzene rings is 1. The summed E-state index contributed by atoms with van der Waals surface area (Å²) in [5.74, 6) is 2.69. The highest BCUT2D eigenvalue weighted by atomic mass is 127. The average molecular weight is 533 g/mol. The molecule has 0 bridgehead atoms. The van der Waals surface area contributed by atoms with E-state index in [4.69, 9.17) is 25.7 Å². The molecule has 0 aliphatic carbocycles. The van der Waals surface area contributed by atoms with Gasteiger partial charge >= 0.3 is 0 Å². The molecule has 160 valence electrons. The molecule has 2 aromatic rings. The van der Waals surface area contributed by atoms with Gasteiger partial charge in [-0.3, -0.25) is 4.90 Å². The Morgan fingerprint density at radius 1 is 1.14 bits per heavy atom. The maximum atomic E-state index is 5.96. The van der Waals surface area contributed by atoms with Gasteiger partial charge in [-0.15, -0.1) is 24.0 Å². The summed E-state index contributed by atoms with van der Waals surface area (Å²) in [6.45, 7) is 9.43. The molecular formula is C21H30ClIN4O2. The monoisotopic (exact) mass is 532 g/mol. The number of furan rings is 1. The number of rotatable bonds is 7. The minimum atomic E-state index is 0. The zero-order valence-corrected chi connectivity index (χ0v) is 20.1. The van der Waals surface area contributed by atoms with E-state index in [0.29, 0.717) is 13.1 Å². The van der Waals surface area contributed by atoms with Crippen LogP contribution in [0.5, 0.6) is 0 Å². The number of nitrogens with zero attached hydrogens (tertiary/aromatic N) is 2. The van der Waals surface area contributed by atoms with Gasteiger partial charge in [0.1, 0.15) is 11.5 Å². The second-order valence-electron chi connectivity index (χ2n) is 6.82. The molecule has 29 heavy (non-hydrogen) atoms. The maximum absolute atomic E-state index is 5.96. The van der Waals surface area contributed by atoms with Crippen molar-refractivity contribution in [3.8, 4) is 0 Å². The number of nitrogens with one attached hydrogen (secondary N) is 2. The predicted molar refractivity (Wildman–Crippen MR) is 128 cm³/mol. The van der Waals surface area contributed by atoms with Crippen molar-refractivity contribution in [1.82, 2.24) is 15.5 Å². The summed E-state index contributed by atoms with van der Waals surface area (Å²) in [4.78, 5) is 7.11. The van der Waals surface area contributed by atoms with Crippen molar-refractivity contribution < 1.29 is 9.15 Å². The van der Waals surface area contributed by atoms with Gasteiger partial charge in [0.15, 0.2) is 5.96 Å². The van der Waals surface area contributed by atoms with E-state index in [0.717, 1.165) is 60.9 Å². The van der Waals surface area contributed by atoms with Crippen LogP contribution in [-0.2, 0) is 11.3 Å². The van der Waals surface area contributed by atoms with Crippen LogP contribution in [0.25, 0.3) is 0 Å². The number of aryl methyl sites for hydroxylation is 1. The average Bonchev–Trinajstić information content (AvgIpc) is 3.14. The van der Waals surface area contributed by atoms with E-state index in [9.17, 15) is 0 Å². The van der Waals surface area contributed by atoms with Gasteiger partial charge in [-0.25, -0.2) is 4.99 Å². The van der Waals surface area contributed by atoms with E-state index in [1.54, 1.807) is 0 Å². The molecule has 1 aliphatic rings. The normalized spacial score (nSPS) is 16.2. The van der Waals surface area contributed by atoms with Gasteiger partial charge in [0.25, 0.3) is 0 Å². The van der Waals surface area contributed by atoms with E-state index in [2.05, 4.69) is 28.5 Å². The molecule has 1 saturated heterocycles. The van der Waals surface area contributed by atoms with Gasteiger partial charge in [0, 0.05) is 31.2 Å². The smallest absolute Gasteiger partial charge is 0.191 e. The first-order valence-corrected chi connectivity index (χ1v) is 10.2. The van der Waals surface area contributed by atoms with Gasteiger partial charge < -0.3 is 19.8 Å². The molecule has 3 rings (SSSR count). The Labute approximate surface area is 195 Å². The van der Waals surface area contributed by atoms with Crippen molar-refractivity contribution in [2.45, 2.75) is 26.4 Å². The molecule has 1 unspecified atom stereocenters. The van der Waals surface area contributed by atoms with Gasteiger partial charge in [0.2, 0.25) is 0 Å². The molecule has 6 nitrogen and oxygen atoms in total. The standard InChI is InChI=1S/C21H29ClN4O2.HI/c1-3-23-21(24-14-17-5-7-18(22)8-6-17)25-15-19(20-9-4-16(2)28-20)26-10-12-27-13-11-26;/h4-9,19H,3,10-15H2,1-2H3,(H2,23,24,25);1H. The number of hydrogen-bond acceptors (Lipinski definition) is 4. The third kappa shape index (κ3) is 7.47. The Kier molecular flexibility index (Phi) is 10.3. The Balaban J connectivity index is 0.00000300. The second kappa shape index (κ2) is 12.4. The van der Waals surface area contributed by atoms with Crippen LogP contribution in [0.2, 0.25) is 5.02 Å². The lowest BCUT2D eigenvalue weighted by molar-refractivity contribution is 0.0124. The fourth-order valence-corrected chi connectivity index (χ4v) is 3.35. The molecule has 1 fully saturated rings. The van der Waals surface area contributed by atoms with Crippen molar-refractivity contribution in [1.29, 1.82) is 0 Å². The Morgan fingerprint density at radius 2 is 1.86 bits per heavy atom. The van der Waals surface area contributed by atoms with Crippen LogP contribution in [0.3, 0.4) is 0 Å². The van der Waals surface area contributed by atoms with Crippen molar-refractivity contribution >= 4 is 41.5 Å². The summed E-state index contributed by atoms with van der Waals surface area (Å²) in [6.07, 6.45) is 0. The molecule has 0 saturated carbocycles. The molecule has 2 heterocycles. The van der Waals surface area contributed by atoms with E-state index in [-0.39, 0.29) is 30.0 Å². The first-order valence-electron chi connectivity index (χ1n) is 9.80. The van der Waals surface area contributed by atoms with Gasteiger partial charge in [0.05, 0.1) is 25.8 Å². The van der Waals surface area contributed by atoms with Gasteiger partial charge in [-0.2, -0.15) is 0 Å². The fourth-order valence-electron chi connectivity index (χ4n) is 3.23. The van der Waals surface area contributed by atoms with E-state index in [1.165, 1.54) is 0 Å². The lowest BCUT2D eigenvalue weighted by atomic mass is 10.1. The van der Waals surface area contributed by atoms with Gasteiger partial charge in [-0.1, -0.05) is 23.7 Å². The number of ether oxygens (including phenoxy) is 1. The Bertz CT molecular complexity index is 760. The number of morpholine rings is 1. The second-order valence-corrected chi connectivity index (χ2v) is 7.25. The third-order valence-electron chi connectivity index (χ3n) is 4.72. The highest BCUT2D eigenvalue weighted by Gasteiger charge is 2.25. The highest BCUT2D eigenvalue weighted by Crippen LogP contribution is 2.23. The van der Waals surface area contributed by atoms with Crippen LogP contribution >= 0.6 is 35.6 Å². The largest absolute Gasteiger partial charge is 0.465 e. The topological polar surface area (TPSA) is 62.0 Å². The number of halogens is 2. The fraction of sp³-hybridized carbons (Fsp3) is 0.476. The quantitative estimate of drug-likeness (QED) is 0.321. The summed E-state index contributed by atoms with van der Waals surface area (Å²) >= 11 is 5.96. The Hall–Kier alpha value is -1.29. The lowest BCUT2D eigenvalue weighted by Crippen LogP contribution is -2.46. The molecule has 8 heteroatoms. The summed E-state index contributed by atoms with van der Waals surface area (Å²) in [5, 5.41) is 7.53. The van der Waals surface area contributed by atoms with Crippen molar-refractivity contribution in [3.05, 3.63) is 58.5 Å². The highest BCUT2D eigenvalue weighted by molar-refractivity contribution is 14.0. The van der Waals surface area contributed by atoms with Crippen LogP contribution in [0.1, 0.15) is 30.0 Å². The first-order chi connectivity index (χ1) is 13.7. The molecule has 1 aliphatic heterocycles. The van der Waals surface area contributed by atoms with Crippen LogP contribution < -0.4 is 10.6 Å². The van der Waals surface area contributed by atoms with Crippen LogP contribution in [0.15, 0.2) is 45.8 Å². The molecule has 0 spiro atoms. The van der Waals surface area contributed by atoms with Crippen molar-refractivity contribution in [2.75, 3.05) is 39.4 Å². The summed E-state index contributed by atoms with van der Waals surface area (Å²) in [6, 6.07) is 12.0. The molecule has 1 aromatic heterocycles. The van der Waals surface area contributed by atoms with Crippen LogP contribution in [-0.4, -0.2) is 50.3 Å². The molecule has 0 amide bonds.